The lowest BCUT2D eigenvalue weighted by atomic mass is 9.76. The minimum atomic E-state index is -0.868. The highest BCUT2D eigenvalue weighted by Gasteiger charge is 2.53. The number of nitrogens with zero attached hydrogens (tertiary/aromatic N) is 1. The maximum absolute atomic E-state index is 11.7. The first-order chi connectivity index (χ1) is 9.23. The average molecular weight is 284 g/mol. The first-order valence-corrected chi connectivity index (χ1v) is 7.15. The zero-order valence-corrected chi connectivity index (χ0v) is 12.4. The van der Waals surface area contributed by atoms with Crippen LogP contribution in [0.5, 0.6) is 0 Å². The van der Waals surface area contributed by atoms with E-state index in [1.807, 2.05) is 0 Å². The van der Waals surface area contributed by atoms with Crippen molar-refractivity contribution in [3.8, 4) is 0 Å². The van der Waals surface area contributed by atoms with Gasteiger partial charge in [0, 0.05) is 19.6 Å². The molecule has 2 fully saturated rings. The van der Waals surface area contributed by atoms with Crippen molar-refractivity contribution in [3.05, 3.63) is 0 Å². The molecule has 6 nitrogen and oxygen atoms in total. The fourth-order valence-corrected chi connectivity index (χ4v) is 3.24. The predicted octanol–water partition coefficient (Wildman–Crippen LogP) is 1.31. The number of ether oxygens (including phenoxy) is 1. The van der Waals surface area contributed by atoms with Gasteiger partial charge in [0.1, 0.15) is 11.0 Å². The quantitative estimate of drug-likeness (QED) is 0.817. The van der Waals surface area contributed by atoms with Crippen LogP contribution in [-0.2, 0) is 9.53 Å². The SMILES string of the molecule is CC(C)(C)OC(=O)NCC1(C(=O)O)CN2CCCC1C2. The van der Waals surface area contributed by atoms with Gasteiger partial charge in [0.05, 0.1) is 0 Å². The Kier molecular flexibility index (Phi) is 3.95. The molecule has 3 unspecified atom stereocenters. The minimum absolute atomic E-state index is 0.115. The number of carbonyl (C=O) groups is 2. The molecule has 2 saturated heterocycles. The average Bonchev–Trinajstić information content (AvgIpc) is 2.56. The Morgan fingerprint density at radius 1 is 1.45 bits per heavy atom. The van der Waals surface area contributed by atoms with E-state index in [1.165, 1.54) is 0 Å². The molecule has 2 aliphatic rings. The topological polar surface area (TPSA) is 78.9 Å². The molecule has 2 heterocycles. The summed E-state index contributed by atoms with van der Waals surface area (Å²) in [6.45, 7) is 7.79. The van der Waals surface area contributed by atoms with E-state index in [1.54, 1.807) is 20.8 Å². The minimum Gasteiger partial charge on any atom is -0.481 e. The lowest BCUT2D eigenvalue weighted by molar-refractivity contribution is -0.150. The van der Waals surface area contributed by atoms with Crippen LogP contribution in [0.4, 0.5) is 4.79 Å². The summed E-state index contributed by atoms with van der Waals surface area (Å²) >= 11 is 0. The molecule has 0 radical (unpaired) electrons. The molecule has 2 rings (SSSR count). The molecule has 0 saturated carbocycles. The smallest absolute Gasteiger partial charge is 0.407 e. The van der Waals surface area contributed by atoms with Gasteiger partial charge in [-0.15, -0.1) is 0 Å². The van der Waals surface area contributed by atoms with Gasteiger partial charge in [0.15, 0.2) is 0 Å². The van der Waals surface area contributed by atoms with Crippen molar-refractivity contribution < 1.29 is 19.4 Å². The first kappa shape index (κ1) is 15.1. The van der Waals surface area contributed by atoms with Gasteiger partial charge in [-0.05, 0) is 46.1 Å². The number of hydrogen-bond acceptors (Lipinski definition) is 4. The number of hydrogen-bond donors (Lipinski definition) is 2. The molecule has 0 aliphatic carbocycles. The Morgan fingerprint density at radius 3 is 2.70 bits per heavy atom. The molecule has 1 amide bonds. The van der Waals surface area contributed by atoms with Crippen LogP contribution in [0.1, 0.15) is 33.6 Å². The molecule has 3 atom stereocenters. The molecule has 2 bridgehead atoms. The molecule has 6 heteroatoms. The molecular formula is C14H24N2O4. The standard InChI is InChI=1S/C14H24N2O4/c1-13(2,3)20-12(19)15-8-14(11(17)18)9-16-6-4-5-10(14)7-16/h10H,4-9H2,1-3H3,(H,15,19)(H,17,18). The number of carbonyl (C=O) groups excluding carboxylic acids is 1. The van der Waals surface area contributed by atoms with Crippen LogP contribution in [0.3, 0.4) is 0 Å². The van der Waals surface area contributed by atoms with Gasteiger partial charge in [-0.3, -0.25) is 4.79 Å². The molecule has 20 heavy (non-hydrogen) atoms. The molecule has 0 aromatic rings. The molecule has 0 spiro atoms. The van der Waals surface area contributed by atoms with Crippen molar-refractivity contribution >= 4 is 12.1 Å². The fraction of sp³-hybridized carbons (Fsp3) is 0.857. The summed E-state index contributed by atoms with van der Waals surface area (Å²) in [6, 6.07) is 0. The predicted molar refractivity (Wildman–Crippen MR) is 73.5 cm³/mol. The number of alkyl carbamates (subject to hydrolysis) is 1. The lowest BCUT2D eigenvalue weighted by Crippen LogP contribution is -2.48. The van der Waals surface area contributed by atoms with Crippen molar-refractivity contribution in [3.63, 3.8) is 0 Å². The van der Waals surface area contributed by atoms with E-state index in [4.69, 9.17) is 4.74 Å². The fourth-order valence-electron chi connectivity index (χ4n) is 3.24. The summed E-state index contributed by atoms with van der Waals surface area (Å²) in [5.41, 5.74) is -1.44. The van der Waals surface area contributed by atoms with E-state index in [0.29, 0.717) is 6.54 Å². The van der Waals surface area contributed by atoms with Crippen LogP contribution < -0.4 is 5.32 Å². The van der Waals surface area contributed by atoms with E-state index >= 15 is 0 Å². The Labute approximate surface area is 119 Å². The highest BCUT2D eigenvalue weighted by Crippen LogP contribution is 2.41. The monoisotopic (exact) mass is 284 g/mol. The van der Waals surface area contributed by atoms with Gasteiger partial charge in [-0.25, -0.2) is 4.79 Å². The zero-order chi connectivity index (χ0) is 15.0. The summed E-state index contributed by atoms with van der Waals surface area (Å²) in [4.78, 5) is 25.7. The molecular weight excluding hydrogens is 260 g/mol. The molecule has 2 N–H and O–H groups in total. The molecule has 114 valence electrons. The highest BCUT2D eigenvalue weighted by atomic mass is 16.6. The second kappa shape index (κ2) is 5.24. The highest BCUT2D eigenvalue weighted by molar-refractivity contribution is 5.78. The number of carboxylic acid groups (broad SMARTS) is 1. The van der Waals surface area contributed by atoms with E-state index in [-0.39, 0.29) is 12.5 Å². The zero-order valence-electron chi connectivity index (χ0n) is 12.4. The van der Waals surface area contributed by atoms with Gasteiger partial charge in [-0.2, -0.15) is 0 Å². The van der Waals surface area contributed by atoms with Gasteiger partial charge in [-0.1, -0.05) is 0 Å². The summed E-state index contributed by atoms with van der Waals surface area (Å²) in [5, 5.41) is 12.3. The first-order valence-electron chi connectivity index (χ1n) is 7.15. The van der Waals surface area contributed by atoms with E-state index < -0.39 is 23.1 Å². The Morgan fingerprint density at radius 2 is 2.15 bits per heavy atom. The third-order valence-corrected chi connectivity index (χ3v) is 4.17. The maximum Gasteiger partial charge on any atom is 0.407 e. The van der Waals surface area contributed by atoms with Crippen LogP contribution in [0, 0.1) is 11.3 Å². The summed E-state index contributed by atoms with van der Waals surface area (Å²) < 4.78 is 5.18. The number of carboxylic acids is 1. The van der Waals surface area contributed by atoms with Crippen molar-refractivity contribution in [1.82, 2.24) is 10.2 Å². The number of aliphatic carboxylic acids is 1. The number of rotatable bonds is 3. The lowest BCUT2D eigenvalue weighted by Gasteiger charge is -2.30. The van der Waals surface area contributed by atoms with E-state index in [0.717, 1.165) is 25.9 Å². The number of piperidine rings is 1. The number of fused-ring (bicyclic) bond motifs is 2. The summed E-state index contributed by atoms with van der Waals surface area (Å²) in [7, 11) is 0. The van der Waals surface area contributed by atoms with Gasteiger partial charge in [0.2, 0.25) is 0 Å². The number of nitrogens with one attached hydrogen (secondary N) is 1. The molecule has 0 aromatic carbocycles. The molecule has 2 aliphatic heterocycles. The second-order valence-corrected chi connectivity index (χ2v) is 6.89. The van der Waals surface area contributed by atoms with Gasteiger partial charge in [0.25, 0.3) is 0 Å². The van der Waals surface area contributed by atoms with Crippen LogP contribution >= 0.6 is 0 Å². The number of amides is 1. The van der Waals surface area contributed by atoms with E-state index in [2.05, 4.69) is 10.2 Å². The Balaban J connectivity index is 2.01. The van der Waals surface area contributed by atoms with Crippen LogP contribution in [0.15, 0.2) is 0 Å². The summed E-state index contributed by atoms with van der Waals surface area (Å²) in [5.74, 6) is -0.702. The summed E-state index contributed by atoms with van der Waals surface area (Å²) in [6.07, 6.45) is 1.40. The third kappa shape index (κ3) is 3.06. The Bertz CT molecular complexity index is 404. The van der Waals surface area contributed by atoms with Gasteiger partial charge < -0.3 is 20.1 Å². The van der Waals surface area contributed by atoms with Crippen LogP contribution in [0.2, 0.25) is 0 Å². The van der Waals surface area contributed by atoms with Crippen molar-refractivity contribution in [1.29, 1.82) is 0 Å². The second-order valence-electron chi connectivity index (χ2n) is 6.89. The van der Waals surface area contributed by atoms with Crippen LogP contribution in [0.25, 0.3) is 0 Å². The largest absolute Gasteiger partial charge is 0.481 e. The van der Waals surface area contributed by atoms with Crippen molar-refractivity contribution in [2.45, 2.75) is 39.2 Å². The maximum atomic E-state index is 11.7. The Hall–Kier alpha value is -1.30. The van der Waals surface area contributed by atoms with Crippen molar-refractivity contribution in [2.75, 3.05) is 26.2 Å². The molecule has 0 aromatic heterocycles. The van der Waals surface area contributed by atoms with Crippen LogP contribution in [-0.4, -0.2) is 53.8 Å². The van der Waals surface area contributed by atoms with Gasteiger partial charge >= 0.3 is 12.1 Å². The van der Waals surface area contributed by atoms with E-state index in [9.17, 15) is 14.7 Å². The van der Waals surface area contributed by atoms with Crippen molar-refractivity contribution in [2.24, 2.45) is 11.3 Å². The normalized spacial score (nSPS) is 32.8. The third-order valence-electron chi connectivity index (χ3n) is 4.17.